The smallest absolute Gasteiger partial charge is 0.416 e. The van der Waals surface area contributed by atoms with Crippen LogP contribution in [0.4, 0.5) is 24.5 Å². The molecule has 0 aliphatic carbocycles. The maximum absolute atomic E-state index is 12.8. The first kappa shape index (κ1) is 21.8. The zero-order chi connectivity index (χ0) is 22.8. The summed E-state index contributed by atoms with van der Waals surface area (Å²) in [5.41, 5.74) is -1.30. The molecular weight excluding hydrogens is 421 g/mol. The van der Waals surface area contributed by atoms with Crippen molar-refractivity contribution in [1.82, 2.24) is 0 Å². The number of hydrogen-bond donors (Lipinski definition) is 1. The number of benzene rings is 2. The monoisotopic (exact) mass is 436 g/mol. The number of anilines is 1. The van der Waals surface area contributed by atoms with E-state index in [9.17, 15) is 32.9 Å². The largest absolute Gasteiger partial charge is 0.459 e. The number of nitrogens with zero attached hydrogens (tertiary/aromatic N) is 1. The van der Waals surface area contributed by atoms with Gasteiger partial charge < -0.3 is 14.5 Å². The van der Waals surface area contributed by atoms with Gasteiger partial charge in [0.1, 0.15) is 24.4 Å². The van der Waals surface area contributed by atoms with E-state index >= 15 is 0 Å². The van der Waals surface area contributed by atoms with Crippen molar-refractivity contribution >= 4 is 28.3 Å². The molecule has 8 nitrogen and oxygen atoms in total. The Morgan fingerprint density at radius 1 is 1.19 bits per heavy atom. The maximum Gasteiger partial charge on any atom is 0.416 e. The van der Waals surface area contributed by atoms with Crippen LogP contribution in [0.15, 0.2) is 51.7 Å². The Morgan fingerprint density at radius 2 is 1.94 bits per heavy atom. The van der Waals surface area contributed by atoms with E-state index < -0.39 is 40.5 Å². The third-order valence-corrected chi connectivity index (χ3v) is 4.32. The van der Waals surface area contributed by atoms with Gasteiger partial charge >= 0.3 is 17.8 Å². The molecule has 11 heteroatoms. The quantitative estimate of drug-likeness (QED) is 0.267. The van der Waals surface area contributed by atoms with Crippen LogP contribution >= 0.6 is 0 Å². The summed E-state index contributed by atoms with van der Waals surface area (Å²) in [6, 6.07) is 8.25. The second kappa shape index (κ2) is 8.46. The Bertz CT molecular complexity index is 1220. The molecule has 162 valence electrons. The van der Waals surface area contributed by atoms with Gasteiger partial charge in [-0.25, -0.2) is 4.79 Å². The van der Waals surface area contributed by atoms with Crippen LogP contribution in [0, 0.1) is 17.0 Å². The lowest BCUT2D eigenvalue weighted by Crippen LogP contribution is -2.18. The van der Waals surface area contributed by atoms with Gasteiger partial charge in [-0.3, -0.25) is 14.9 Å². The third kappa shape index (κ3) is 5.18. The van der Waals surface area contributed by atoms with Crippen molar-refractivity contribution < 1.29 is 32.0 Å². The van der Waals surface area contributed by atoms with Crippen LogP contribution in [0.3, 0.4) is 0 Å². The van der Waals surface area contributed by atoms with Gasteiger partial charge in [0, 0.05) is 23.1 Å². The number of nitro groups is 1. The molecule has 0 fully saturated rings. The van der Waals surface area contributed by atoms with Crippen LogP contribution in [0.1, 0.15) is 16.7 Å². The van der Waals surface area contributed by atoms with E-state index in [0.717, 1.165) is 11.6 Å². The van der Waals surface area contributed by atoms with E-state index in [2.05, 4.69) is 5.32 Å². The van der Waals surface area contributed by atoms with Crippen molar-refractivity contribution in [2.45, 2.75) is 19.7 Å². The topological polar surface area (TPSA) is 112 Å². The number of hydrogen-bond acceptors (Lipinski definition) is 7. The number of nitrogens with one attached hydrogen (secondary N) is 1. The fourth-order valence-corrected chi connectivity index (χ4v) is 2.84. The normalized spacial score (nSPS) is 11.4. The molecule has 31 heavy (non-hydrogen) atoms. The van der Waals surface area contributed by atoms with Gasteiger partial charge in [0.25, 0.3) is 5.69 Å². The first-order valence-electron chi connectivity index (χ1n) is 8.83. The van der Waals surface area contributed by atoms with Crippen molar-refractivity contribution in [3.05, 3.63) is 79.7 Å². The number of ether oxygens (including phenoxy) is 1. The van der Waals surface area contributed by atoms with Gasteiger partial charge in [0.15, 0.2) is 0 Å². The van der Waals surface area contributed by atoms with Crippen molar-refractivity contribution in [1.29, 1.82) is 0 Å². The molecule has 3 rings (SSSR count). The predicted molar refractivity (Wildman–Crippen MR) is 104 cm³/mol. The number of carbonyl (C=O) groups excluding carboxylic acids is 1. The van der Waals surface area contributed by atoms with Gasteiger partial charge in [0.05, 0.1) is 10.5 Å². The molecule has 0 radical (unpaired) electrons. The molecule has 3 aromatic rings. The van der Waals surface area contributed by atoms with Crippen molar-refractivity contribution in [2.24, 2.45) is 0 Å². The zero-order valence-electron chi connectivity index (χ0n) is 16.0. The standard InChI is InChI=1S/C20H15F3N2O6/c1-11-2-4-14-12(7-18(26)31-17(14)6-11)10-30-19(27)9-24-15-5-3-13(20(21,22)23)8-16(15)25(28)29/h2-8,24H,9-10H2,1H3. The molecule has 0 aliphatic rings. The predicted octanol–water partition coefficient (Wildman–Crippen LogP) is 4.18. The highest BCUT2D eigenvalue weighted by Gasteiger charge is 2.33. The van der Waals surface area contributed by atoms with Gasteiger partial charge in [-0.15, -0.1) is 0 Å². The van der Waals surface area contributed by atoms with E-state index in [0.29, 0.717) is 28.7 Å². The molecule has 0 bridgehead atoms. The molecule has 0 saturated heterocycles. The molecule has 0 amide bonds. The summed E-state index contributed by atoms with van der Waals surface area (Å²) in [4.78, 5) is 33.8. The van der Waals surface area contributed by atoms with E-state index in [4.69, 9.17) is 9.15 Å². The van der Waals surface area contributed by atoms with Crippen LogP contribution in [0.2, 0.25) is 0 Å². The molecule has 1 heterocycles. The van der Waals surface area contributed by atoms with E-state index in [1.165, 1.54) is 6.07 Å². The summed E-state index contributed by atoms with van der Waals surface area (Å²) in [7, 11) is 0. The first-order valence-corrected chi connectivity index (χ1v) is 8.83. The molecule has 0 aliphatic heterocycles. The number of esters is 1. The average molecular weight is 436 g/mol. The fourth-order valence-electron chi connectivity index (χ4n) is 2.84. The molecule has 1 aromatic heterocycles. The fraction of sp³-hybridized carbons (Fsp3) is 0.200. The van der Waals surface area contributed by atoms with Crippen LogP contribution in [-0.4, -0.2) is 17.4 Å². The highest BCUT2D eigenvalue weighted by atomic mass is 19.4. The van der Waals surface area contributed by atoms with Gasteiger partial charge in [-0.05, 0) is 30.7 Å². The summed E-state index contributed by atoms with van der Waals surface area (Å²) in [5, 5.41) is 14.1. The number of fused-ring (bicyclic) bond motifs is 1. The lowest BCUT2D eigenvalue weighted by molar-refractivity contribution is -0.384. The Balaban J connectivity index is 1.70. The Kier molecular flexibility index (Phi) is 5.95. The highest BCUT2D eigenvalue weighted by Crippen LogP contribution is 2.34. The SMILES string of the molecule is Cc1ccc2c(COC(=O)CNc3ccc(C(F)(F)F)cc3[N+](=O)[O-])cc(=O)oc2c1. The molecule has 2 aromatic carbocycles. The molecule has 0 saturated carbocycles. The van der Waals surface area contributed by atoms with Gasteiger partial charge in [-0.2, -0.15) is 13.2 Å². The minimum atomic E-state index is -4.74. The van der Waals surface area contributed by atoms with Crippen LogP contribution in [0.25, 0.3) is 11.0 Å². The third-order valence-electron chi connectivity index (χ3n) is 4.32. The summed E-state index contributed by atoms with van der Waals surface area (Å²) in [6.07, 6.45) is -4.74. The van der Waals surface area contributed by atoms with E-state index in [-0.39, 0.29) is 12.3 Å². The number of alkyl halides is 3. The van der Waals surface area contributed by atoms with Crippen molar-refractivity contribution in [3.8, 4) is 0 Å². The minimum absolute atomic E-state index is 0.263. The van der Waals surface area contributed by atoms with Crippen LogP contribution < -0.4 is 10.9 Å². The number of rotatable bonds is 6. The van der Waals surface area contributed by atoms with Gasteiger partial charge in [-0.1, -0.05) is 12.1 Å². The van der Waals surface area contributed by atoms with E-state index in [1.54, 1.807) is 18.2 Å². The maximum atomic E-state index is 12.8. The number of nitro benzene ring substituents is 1. The zero-order valence-corrected chi connectivity index (χ0v) is 16.0. The molecular formula is C20H15F3N2O6. The Hall–Kier alpha value is -3.89. The lowest BCUT2D eigenvalue weighted by Gasteiger charge is -2.11. The minimum Gasteiger partial charge on any atom is -0.459 e. The summed E-state index contributed by atoms with van der Waals surface area (Å²) < 4.78 is 48.5. The molecule has 0 unspecified atom stereocenters. The Labute approximate surface area is 172 Å². The lowest BCUT2D eigenvalue weighted by atomic mass is 10.1. The summed E-state index contributed by atoms with van der Waals surface area (Å²) >= 11 is 0. The Morgan fingerprint density at radius 3 is 2.61 bits per heavy atom. The molecule has 0 atom stereocenters. The molecule has 1 N–H and O–H groups in total. The van der Waals surface area contributed by atoms with Crippen molar-refractivity contribution in [3.63, 3.8) is 0 Å². The van der Waals surface area contributed by atoms with Crippen LogP contribution in [-0.2, 0) is 22.3 Å². The first-order chi connectivity index (χ1) is 14.5. The number of carbonyl (C=O) groups is 1. The number of halogens is 3. The summed E-state index contributed by atoms with van der Waals surface area (Å²) in [5.74, 6) is -0.831. The highest BCUT2D eigenvalue weighted by molar-refractivity contribution is 5.81. The summed E-state index contributed by atoms with van der Waals surface area (Å²) in [6.45, 7) is 1.02. The molecule has 0 spiro atoms. The number of aryl methyl sites for hydroxylation is 1. The second-order valence-electron chi connectivity index (χ2n) is 6.59. The van der Waals surface area contributed by atoms with Crippen LogP contribution in [0.5, 0.6) is 0 Å². The second-order valence-corrected chi connectivity index (χ2v) is 6.59. The average Bonchev–Trinajstić information content (AvgIpc) is 2.69. The van der Waals surface area contributed by atoms with E-state index in [1.807, 2.05) is 6.92 Å². The van der Waals surface area contributed by atoms with Crippen molar-refractivity contribution in [2.75, 3.05) is 11.9 Å². The van der Waals surface area contributed by atoms with Gasteiger partial charge in [0.2, 0.25) is 0 Å².